The molecule has 0 spiro atoms. The Morgan fingerprint density at radius 3 is 1.88 bits per heavy atom. The predicted octanol–water partition coefficient (Wildman–Crippen LogP) is 3.76. The van der Waals surface area contributed by atoms with E-state index in [0.717, 1.165) is 17.7 Å². The minimum absolute atomic E-state index is 0.0577. The maximum Gasteiger partial charge on any atom is 0.416 e. The minimum Gasteiger partial charge on any atom is -0.308 e. The molecule has 0 fully saturated rings. The SMILES string of the molecule is CC(C)NC(C)c1ccc(C(F)(F)F)cc1. The van der Waals surface area contributed by atoms with Gasteiger partial charge in [0.15, 0.2) is 0 Å². The summed E-state index contributed by atoms with van der Waals surface area (Å²) in [6, 6.07) is 5.63. The van der Waals surface area contributed by atoms with Crippen LogP contribution in [0.1, 0.15) is 37.9 Å². The molecule has 1 nitrogen and oxygen atoms in total. The lowest BCUT2D eigenvalue weighted by Gasteiger charge is -2.17. The average molecular weight is 231 g/mol. The highest BCUT2D eigenvalue weighted by molar-refractivity contribution is 5.26. The summed E-state index contributed by atoms with van der Waals surface area (Å²) < 4.78 is 36.9. The number of alkyl halides is 3. The molecular weight excluding hydrogens is 215 g/mol. The van der Waals surface area contributed by atoms with Crippen molar-refractivity contribution in [3.63, 3.8) is 0 Å². The molecule has 1 aromatic rings. The van der Waals surface area contributed by atoms with Gasteiger partial charge in [-0.25, -0.2) is 0 Å². The summed E-state index contributed by atoms with van der Waals surface area (Å²) in [5, 5.41) is 3.24. The number of nitrogens with one attached hydrogen (secondary N) is 1. The summed E-state index contributed by atoms with van der Waals surface area (Å²) in [5.41, 5.74) is 0.259. The number of benzene rings is 1. The average Bonchev–Trinajstić information content (AvgIpc) is 2.15. The third-order valence-corrected chi connectivity index (χ3v) is 2.32. The standard InChI is InChI=1S/C12H16F3N/c1-8(2)16-9(3)10-4-6-11(7-5-10)12(13,14)15/h4-9,16H,1-3H3. The number of rotatable bonds is 3. The van der Waals surface area contributed by atoms with E-state index in [-0.39, 0.29) is 6.04 Å². The first kappa shape index (κ1) is 13.0. The van der Waals surface area contributed by atoms with Gasteiger partial charge in [-0.1, -0.05) is 26.0 Å². The zero-order valence-electron chi connectivity index (χ0n) is 9.60. The molecule has 1 N–H and O–H groups in total. The highest BCUT2D eigenvalue weighted by Crippen LogP contribution is 2.29. The number of hydrogen-bond donors (Lipinski definition) is 1. The summed E-state index contributed by atoms with van der Waals surface area (Å²) in [5.74, 6) is 0. The first-order valence-corrected chi connectivity index (χ1v) is 5.24. The van der Waals surface area contributed by atoms with E-state index in [2.05, 4.69) is 5.32 Å². The summed E-state index contributed by atoms with van der Waals surface area (Å²) in [4.78, 5) is 0. The van der Waals surface area contributed by atoms with Crippen molar-refractivity contribution in [1.29, 1.82) is 0 Å². The van der Waals surface area contributed by atoms with Crippen LogP contribution in [0, 0.1) is 0 Å². The fourth-order valence-electron chi connectivity index (χ4n) is 1.56. The Balaban J connectivity index is 2.79. The molecule has 1 unspecified atom stereocenters. The summed E-state index contributed by atoms with van der Waals surface area (Å²) >= 11 is 0. The lowest BCUT2D eigenvalue weighted by Crippen LogP contribution is -2.26. The maximum absolute atomic E-state index is 12.3. The molecule has 0 radical (unpaired) electrons. The molecule has 16 heavy (non-hydrogen) atoms. The smallest absolute Gasteiger partial charge is 0.308 e. The maximum atomic E-state index is 12.3. The molecule has 0 aliphatic carbocycles. The van der Waals surface area contributed by atoms with Crippen LogP contribution < -0.4 is 5.32 Å². The van der Waals surface area contributed by atoms with Crippen LogP contribution in [0.5, 0.6) is 0 Å². The van der Waals surface area contributed by atoms with Crippen molar-refractivity contribution >= 4 is 0 Å². The largest absolute Gasteiger partial charge is 0.416 e. The van der Waals surface area contributed by atoms with Gasteiger partial charge in [0.25, 0.3) is 0 Å². The minimum atomic E-state index is -4.26. The third-order valence-electron chi connectivity index (χ3n) is 2.32. The van der Waals surface area contributed by atoms with E-state index < -0.39 is 11.7 Å². The van der Waals surface area contributed by atoms with Crippen molar-refractivity contribution in [2.75, 3.05) is 0 Å². The molecular formula is C12H16F3N. The summed E-state index contributed by atoms with van der Waals surface area (Å²) in [7, 11) is 0. The molecule has 0 amide bonds. The van der Waals surface area contributed by atoms with Gasteiger partial charge in [0, 0.05) is 12.1 Å². The van der Waals surface area contributed by atoms with Gasteiger partial charge in [-0.3, -0.25) is 0 Å². The lowest BCUT2D eigenvalue weighted by molar-refractivity contribution is -0.137. The van der Waals surface area contributed by atoms with Crippen molar-refractivity contribution in [3.8, 4) is 0 Å². The monoisotopic (exact) mass is 231 g/mol. The topological polar surface area (TPSA) is 12.0 Å². The van der Waals surface area contributed by atoms with Crippen molar-refractivity contribution in [2.24, 2.45) is 0 Å². The second kappa shape index (κ2) is 4.87. The van der Waals surface area contributed by atoms with E-state index in [0.29, 0.717) is 6.04 Å². The van der Waals surface area contributed by atoms with Crippen molar-refractivity contribution in [3.05, 3.63) is 35.4 Å². The van der Waals surface area contributed by atoms with E-state index in [1.54, 1.807) is 0 Å². The molecule has 0 saturated carbocycles. The van der Waals surface area contributed by atoms with Gasteiger partial charge in [-0.05, 0) is 24.6 Å². The van der Waals surface area contributed by atoms with Crippen LogP contribution in [-0.2, 0) is 6.18 Å². The van der Waals surface area contributed by atoms with E-state index in [9.17, 15) is 13.2 Å². The van der Waals surface area contributed by atoms with Crippen LogP contribution in [0.15, 0.2) is 24.3 Å². The van der Waals surface area contributed by atoms with E-state index in [1.165, 1.54) is 12.1 Å². The van der Waals surface area contributed by atoms with E-state index in [1.807, 2.05) is 20.8 Å². The Hall–Kier alpha value is -1.03. The molecule has 0 bridgehead atoms. The van der Waals surface area contributed by atoms with Crippen LogP contribution in [-0.4, -0.2) is 6.04 Å². The second-order valence-electron chi connectivity index (χ2n) is 4.16. The highest BCUT2D eigenvalue weighted by Gasteiger charge is 2.30. The van der Waals surface area contributed by atoms with Gasteiger partial charge in [-0.15, -0.1) is 0 Å². The summed E-state index contributed by atoms with van der Waals surface area (Å²) in [6.07, 6.45) is -4.26. The third kappa shape index (κ3) is 3.52. The molecule has 1 aromatic carbocycles. The Morgan fingerprint density at radius 1 is 1.00 bits per heavy atom. The number of hydrogen-bond acceptors (Lipinski definition) is 1. The van der Waals surface area contributed by atoms with Crippen LogP contribution >= 0.6 is 0 Å². The van der Waals surface area contributed by atoms with Crippen LogP contribution in [0.25, 0.3) is 0 Å². The molecule has 0 aliphatic heterocycles. The van der Waals surface area contributed by atoms with Crippen LogP contribution in [0.2, 0.25) is 0 Å². The quantitative estimate of drug-likeness (QED) is 0.835. The van der Waals surface area contributed by atoms with Gasteiger partial charge in [0.1, 0.15) is 0 Å². The fraction of sp³-hybridized carbons (Fsp3) is 0.500. The molecule has 0 aromatic heterocycles. The molecule has 4 heteroatoms. The molecule has 90 valence electrons. The van der Waals surface area contributed by atoms with Crippen molar-refractivity contribution in [1.82, 2.24) is 5.32 Å². The zero-order chi connectivity index (χ0) is 12.3. The van der Waals surface area contributed by atoms with Crippen molar-refractivity contribution < 1.29 is 13.2 Å². The van der Waals surface area contributed by atoms with E-state index in [4.69, 9.17) is 0 Å². The fourth-order valence-corrected chi connectivity index (χ4v) is 1.56. The Kier molecular flexibility index (Phi) is 3.97. The normalized spacial score (nSPS) is 14.2. The highest BCUT2D eigenvalue weighted by atomic mass is 19.4. The first-order chi connectivity index (χ1) is 7.30. The lowest BCUT2D eigenvalue weighted by atomic mass is 10.1. The van der Waals surface area contributed by atoms with Gasteiger partial charge in [0.05, 0.1) is 5.56 Å². The zero-order valence-corrected chi connectivity index (χ0v) is 9.60. The van der Waals surface area contributed by atoms with Gasteiger partial charge in [0.2, 0.25) is 0 Å². The number of halogens is 3. The Labute approximate surface area is 93.7 Å². The Bertz CT molecular complexity index is 327. The van der Waals surface area contributed by atoms with Crippen molar-refractivity contribution in [2.45, 2.75) is 39.0 Å². The molecule has 1 atom stereocenters. The molecule has 0 heterocycles. The van der Waals surface area contributed by atoms with Gasteiger partial charge < -0.3 is 5.32 Å². The first-order valence-electron chi connectivity index (χ1n) is 5.24. The van der Waals surface area contributed by atoms with Gasteiger partial charge in [-0.2, -0.15) is 13.2 Å². The second-order valence-corrected chi connectivity index (χ2v) is 4.16. The molecule has 1 rings (SSSR count). The molecule has 0 aliphatic rings. The van der Waals surface area contributed by atoms with Gasteiger partial charge >= 0.3 is 6.18 Å². The predicted molar refractivity (Wildman–Crippen MR) is 58.1 cm³/mol. The van der Waals surface area contributed by atoms with Crippen LogP contribution in [0.4, 0.5) is 13.2 Å². The molecule has 0 saturated heterocycles. The Morgan fingerprint density at radius 2 is 1.50 bits per heavy atom. The summed E-state index contributed by atoms with van der Waals surface area (Å²) in [6.45, 7) is 5.93. The van der Waals surface area contributed by atoms with E-state index >= 15 is 0 Å². The van der Waals surface area contributed by atoms with Crippen LogP contribution in [0.3, 0.4) is 0 Å².